The smallest absolute Gasteiger partial charge is 0.300 e. The van der Waals surface area contributed by atoms with E-state index >= 15 is 0 Å². The van der Waals surface area contributed by atoms with Crippen LogP contribution >= 0.6 is 11.8 Å². The van der Waals surface area contributed by atoms with Crippen molar-refractivity contribution in [1.82, 2.24) is 5.32 Å². The van der Waals surface area contributed by atoms with Crippen molar-refractivity contribution in [2.75, 3.05) is 6.26 Å². The van der Waals surface area contributed by atoms with Crippen molar-refractivity contribution < 1.29 is 17.6 Å². The van der Waals surface area contributed by atoms with Crippen molar-refractivity contribution in [3.8, 4) is 11.1 Å². The highest BCUT2D eigenvalue weighted by Gasteiger charge is 2.41. The van der Waals surface area contributed by atoms with E-state index in [1.807, 2.05) is 30.5 Å². The Bertz CT molecular complexity index is 718. The van der Waals surface area contributed by atoms with Crippen molar-refractivity contribution in [1.29, 1.82) is 0 Å². The highest BCUT2D eigenvalue weighted by atomic mass is 32.2. The van der Waals surface area contributed by atoms with Crippen molar-refractivity contribution >= 4 is 11.8 Å². The maximum atomic E-state index is 13.8. The Morgan fingerprint density at radius 2 is 1.37 bits per heavy atom. The lowest BCUT2D eigenvalue weighted by Crippen LogP contribution is -2.41. The molecule has 1 unspecified atom stereocenters. The van der Waals surface area contributed by atoms with Gasteiger partial charge in [0.25, 0.3) is 0 Å². The van der Waals surface area contributed by atoms with Crippen LogP contribution in [0.5, 0.6) is 0 Å². The lowest BCUT2D eigenvalue weighted by molar-refractivity contribution is -0.160. The fraction of sp³-hybridized carbons (Fsp3) is 0.429. The van der Waals surface area contributed by atoms with E-state index < -0.39 is 23.9 Å². The molecule has 1 nitrogen and oxygen atoms in total. The predicted octanol–water partition coefficient (Wildman–Crippen LogP) is 6.80. The maximum absolute atomic E-state index is 13.8. The molecule has 0 bridgehead atoms. The monoisotopic (exact) mass is 399 g/mol. The van der Waals surface area contributed by atoms with Gasteiger partial charge in [-0.2, -0.15) is 13.2 Å². The van der Waals surface area contributed by atoms with E-state index in [1.54, 1.807) is 30.8 Å². The Hall–Kier alpha value is -1.53. The second-order valence-electron chi connectivity index (χ2n) is 7.32. The molecule has 2 aromatic carbocycles. The van der Waals surface area contributed by atoms with E-state index in [1.165, 1.54) is 26.0 Å². The molecule has 2 atom stereocenters. The average Bonchev–Trinajstić information content (AvgIpc) is 2.57. The molecular formula is C21H25F4NS. The Balaban J connectivity index is 2.21. The number of alkyl halides is 4. The van der Waals surface area contributed by atoms with Crippen molar-refractivity contribution in [3.63, 3.8) is 0 Å². The summed E-state index contributed by atoms with van der Waals surface area (Å²) in [6, 6.07) is 11.8. The minimum absolute atomic E-state index is 0.000543. The van der Waals surface area contributed by atoms with Gasteiger partial charge in [0.1, 0.15) is 11.7 Å². The number of rotatable bonds is 7. The summed E-state index contributed by atoms with van der Waals surface area (Å²) < 4.78 is 54.4. The molecule has 0 spiro atoms. The van der Waals surface area contributed by atoms with Gasteiger partial charge in [-0.15, -0.1) is 11.8 Å². The molecule has 148 valence electrons. The fourth-order valence-electron chi connectivity index (χ4n) is 3.10. The highest BCUT2D eigenvalue weighted by Crippen LogP contribution is 2.35. The van der Waals surface area contributed by atoms with Gasteiger partial charge in [-0.05, 0) is 62.3 Å². The van der Waals surface area contributed by atoms with Crippen LogP contribution in [0.4, 0.5) is 17.6 Å². The number of nitrogens with one attached hydrogen (secondary N) is 1. The van der Waals surface area contributed by atoms with Crippen molar-refractivity contribution in [3.05, 3.63) is 54.1 Å². The van der Waals surface area contributed by atoms with Gasteiger partial charge in [0.05, 0.1) is 0 Å². The first-order chi connectivity index (χ1) is 12.5. The number of halogens is 4. The second-order valence-corrected chi connectivity index (χ2v) is 8.20. The minimum atomic E-state index is -4.46. The molecule has 0 saturated heterocycles. The number of benzene rings is 2. The van der Waals surface area contributed by atoms with E-state index in [4.69, 9.17) is 0 Å². The quantitative estimate of drug-likeness (QED) is 0.406. The van der Waals surface area contributed by atoms with Crippen LogP contribution in [-0.4, -0.2) is 24.1 Å². The first-order valence-corrected chi connectivity index (χ1v) is 9.98. The average molecular weight is 399 g/mol. The molecule has 2 rings (SSSR count). The third-order valence-electron chi connectivity index (χ3n) is 4.24. The standard InChI is InChI=1S/C21H25F4NS/c1-14(13-20(2,3)22)26-19(21(23,24)25)17-7-5-15(6-8-17)16-9-11-18(27-4)12-10-16/h5-12,14,19,26H,13H2,1-4H3/t14-,19?/m1/s1. The molecule has 0 fully saturated rings. The van der Waals surface area contributed by atoms with Gasteiger partial charge in [-0.25, -0.2) is 4.39 Å². The summed E-state index contributed by atoms with van der Waals surface area (Å²) in [4.78, 5) is 1.13. The van der Waals surface area contributed by atoms with E-state index in [-0.39, 0.29) is 12.0 Å². The Morgan fingerprint density at radius 1 is 0.889 bits per heavy atom. The SMILES string of the molecule is CSc1ccc(-c2ccc(C(N[C@H](C)CC(C)(C)F)C(F)(F)F)cc2)cc1. The summed E-state index contributed by atoms with van der Waals surface area (Å²) in [6.07, 6.45) is -2.48. The van der Waals surface area contributed by atoms with E-state index in [9.17, 15) is 17.6 Å². The summed E-state index contributed by atoms with van der Waals surface area (Å²) in [5.41, 5.74) is 0.388. The molecule has 0 saturated carbocycles. The zero-order chi connectivity index (χ0) is 20.2. The third-order valence-corrected chi connectivity index (χ3v) is 4.98. The maximum Gasteiger partial charge on any atom is 0.407 e. The fourth-order valence-corrected chi connectivity index (χ4v) is 3.51. The summed E-state index contributed by atoms with van der Waals surface area (Å²) in [5, 5.41) is 2.54. The normalized spacial score (nSPS) is 14.8. The molecule has 27 heavy (non-hydrogen) atoms. The summed E-state index contributed by atoms with van der Waals surface area (Å²) >= 11 is 1.63. The van der Waals surface area contributed by atoms with Gasteiger partial charge in [-0.1, -0.05) is 36.4 Å². The molecule has 1 N–H and O–H groups in total. The van der Waals surface area contributed by atoms with Crippen molar-refractivity contribution in [2.24, 2.45) is 0 Å². The van der Waals surface area contributed by atoms with Crippen LogP contribution in [0.2, 0.25) is 0 Å². The number of thioether (sulfide) groups is 1. The topological polar surface area (TPSA) is 12.0 Å². The number of hydrogen-bond donors (Lipinski definition) is 1. The van der Waals surface area contributed by atoms with Crippen LogP contribution in [0.3, 0.4) is 0 Å². The Kier molecular flexibility index (Phi) is 6.98. The van der Waals surface area contributed by atoms with Gasteiger partial charge in [0.2, 0.25) is 0 Å². The summed E-state index contributed by atoms with van der Waals surface area (Å²) in [6.45, 7) is 4.30. The second kappa shape index (κ2) is 8.65. The zero-order valence-electron chi connectivity index (χ0n) is 15.9. The van der Waals surface area contributed by atoms with Crippen LogP contribution in [0, 0.1) is 0 Å². The summed E-state index contributed by atoms with van der Waals surface area (Å²) in [7, 11) is 0. The van der Waals surface area contributed by atoms with Gasteiger partial charge in [0, 0.05) is 10.9 Å². The first-order valence-electron chi connectivity index (χ1n) is 8.75. The summed E-state index contributed by atoms with van der Waals surface area (Å²) in [5.74, 6) is 0. The largest absolute Gasteiger partial charge is 0.407 e. The van der Waals surface area contributed by atoms with Gasteiger partial charge in [-0.3, -0.25) is 5.32 Å². The van der Waals surface area contributed by atoms with Gasteiger partial charge < -0.3 is 0 Å². The Labute approximate surface area is 162 Å². The highest BCUT2D eigenvalue weighted by molar-refractivity contribution is 7.98. The van der Waals surface area contributed by atoms with Gasteiger partial charge in [0.15, 0.2) is 0 Å². The molecule has 0 aliphatic carbocycles. The lowest BCUT2D eigenvalue weighted by Gasteiger charge is -2.28. The van der Waals surface area contributed by atoms with Crippen LogP contribution in [-0.2, 0) is 0 Å². The molecule has 0 heterocycles. The van der Waals surface area contributed by atoms with Gasteiger partial charge >= 0.3 is 6.18 Å². The number of hydrogen-bond acceptors (Lipinski definition) is 2. The Morgan fingerprint density at radius 3 is 1.78 bits per heavy atom. The molecule has 2 aromatic rings. The van der Waals surface area contributed by atoms with E-state index in [0.717, 1.165) is 16.0 Å². The lowest BCUT2D eigenvalue weighted by atomic mass is 9.97. The van der Waals surface area contributed by atoms with Crippen LogP contribution in [0.25, 0.3) is 11.1 Å². The predicted molar refractivity (Wildman–Crippen MR) is 105 cm³/mol. The third kappa shape index (κ3) is 6.54. The molecule has 0 amide bonds. The first kappa shape index (κ1) is 21.8. The molecule has 6 heteroatoms. The molecular weight excluding hydrogens is 374 g/mol. The molecule has 0 aromatic heterocycles. The molecule has 0 aliphatic rings. The molecule has 0 radical (unpaired) electrons. The zero-order valence-corrected chi connectivity index (χ0v) is 16.7. The minimum Gasteiger partial charge on any atom is -0.300 e. The molecule has 0 aliphatic heterocycles. The van der Waals surface area contributed by atoms with Crippen LogP contribution in [0.15, 0.2) is 53.4 Å². The van der Waals surface area contributed by atoms with Crippen molar-refractivity contribution in [2.45, 2.75) is 56.0 Å². The van der Waals surface area contributed by atoms with Crippen LogP contribution in [0.1, 0.15) is 38.8 Å². The van der Waals surface area contributed by atoms with E-state index in [2.05, 4.69) is 5.32 Å². The van der Waals surface area contributed by atoms with Crippen LogP contribution < -0.4 is 5.32 Å². The van der Waals surface area contributed by atoms with E-state index in [0.29, 0.717) is 0 Å².